The van der Waals surface area contributed by atoms with Gasteiger partial charge in [0, 0.05) is 18.7 Å². The number of carbonyl (C=O) groups excluding carboxylic acids is 1. The number of hydrogen-bond acceptors (Lipinski definition) is 2. The average molecular weight is 252 g/mol. The van der Waals surface area contributed by atoms with Crippen molar-refractivity contribution >= 4 is 23.6 Å². The van der Waals surface area contributed by atoms with Crippen molar-refractivity contribution in [1.29, 1.82) is 0 Å². The van der Waals surface area contributed by atoms with Gasteiger partial charge in [0.05, 0.1) is 10.7 Å². The van der Waals surface area contributed by atoms with E-state index in [-0.39, 0.29) is 0 Å². The van der Waals surface area contributed by atoms with Crippen molar-refractivity contribution in [3.05, 3.63) is 28.8 Å². The quantitative estimate of drug-likeness (QED) is 0.746. The van der Waals surface area contributed by atoms with Gasteiger partial charge in [-0.25, -0.2) is 0 Å². The van der Waals surface area contributed by atoms with Crippen LogP contribution in [-0.2, 0) is 0 Å². The molecule has 0 N–H and O–H groups in total. The molecule has 0 aromatic heterocycles. The molecule has 1 saturated heterocycles. The molecule has 0 aliphatic carbocycles. The summed E-state index contributed by atoms with van der Waals surface area (Å²) in [6, 6.07) is 5.54. The van der Waals surface area contributed by atoms with Crippen LogP contribution in [0.3, 0.4) is 0 Å². The number of hydrogen-bond donors (Lipinski definition) is 0. The molecule has 1 aliphatic heterocycles. The molecule has 1 aromatic carbocycles. The normalized spacial score (nSPS) is 21.1. The predicted octanol–water partition coefficient (Wildman–Crippen LogP) is 3.78. The lowest BCUT2D eigenvalue weighted by Gasteiger charge is -2.24. The van der Waals surface area contributed by atoms with Crippen molar-refractivity contribution in [3.8, 4) is 0 Å². The summed E-state index contributed by atoms with van der Waals surface area (Å²) in [6.07, 6.45) is 4.55. The maximum atomic E-state index is 10.7. The summed E-state index contributed by atoms with van der Waals surface area (Å²) >= 11 is 6.23. The maximum Gasteiger partial charge on any atom is 0.150 e. The highest BCUT2D eigenvalue weighted by molar-refractivity contribution is 6.33. The second-order valence-corrected chi connectivity index (χ2v) is 5.26. The molecule has 1 atom stereocenters. The second-order valence-electron chi connectivity index (χ2n) is 4.85. The molecule has 2 rings (SSSR count). The lowest BCUT2D eigenvalue weighted by molar-refractivity contribution is 0.112. The predicted molar refractivity (Wildman–Crippen MR) is 72.1 cm³/mol. The molecular weight excluding hydrogens is 234 g/mol. The second kappa shape index (κ2) is 5.54. The van der Waals surface area contributed by atoms with Crippen LogP contribution in [0.25, 0.3) is 0 Å². The minimum absolute atomic E-state index is 0.641. The van der Waals surface area contributed by atoms with Gasteiger partial charge in [0.15, 0.2) is 0 Å². The van der Waals surface area contributed by atoms with E-state index >= 15 is 0 Å². The molecule has 17 heavy (non-hydrogen) atoms. The van der Waals surface area contributed by atoms with E-state index in [2.05, 4.69) is 11.8 Å². The van der Waals surface area contributed by atoms with E-state index in [0.717, 1.165) is 31.0 Å². The van der Waals surface area contributed by atoms with Crippen LogP contribution >= 0.6 is 11.6 Å². The van der Waals surface area contributed by atoms with Gasteiger partial charge in [-0.2, -0.15) is 0 Å². The number of anilines is 1. The minimum atomic E-state index is 0.641. The zero-order valence-electron chi connectivity index (χ0n) is 10.2. The number of nitrogens with zero attached hydrogens (tertiary/aromatic N) is 1. The van der Waals surface area contributed by atoms with Gasteiger partial charge in [-0.1, -0.05) is 18.5 Å². The largest absolute Gasteiger partial charge is 0.370 e. The summed E-state index contributed by atoms with van der Waals surface area (Å²) in [5, 5.41) is 0.684. The van der Waals surface area contributed by atoms with Crippen molar-refractivity contribution in [2.45, 2.75) is 26.2 Å². The highest BCUT2D eigenvalue weighted by Gasteiger charge is 2.16. The first-order chi connectivity index (χ1) is 8.20. The van der Waals surface area contributed by atoms with Crippen LogP contribution in [0.2, 0.25) is 5.02 Å². The first kappa shape index (κ1) is 12.4. The highest BCUT2D eigenvalue weighted by atomic mass is 35.5. The Labute approximate surface area is 108 Å². The molecule has 3 heteroatoms. The van der Waals surface area contributed by atoms with Crippen LogP contribution in [-0.4, -0.2) is 19.4 Å². The van der Waals surface area contributed by atoms with E-state index in [4.69, 9.17) is 11.6 Å². The van der Waals surface area contributed by atoms with Crippen LogP contribution < -0.4 is 4.90 Å². The molecule has 2 nitrogen and oxygen atoms in total. The molecule has 1 fully saturated rings. The van der Waals surface area contributed by atoms with Crippen molar-refractivity contribution in [3.63, 3.8) is 0 Å². The zero-order chi connectivity index (χ0) is 12.3. The van der Waals surface area contributed by atoms with Crippen LogP contribution in [0.5, 0.6) is 0 Å². The van der Waals surface area contributed by atoms with E-state index < -0.39 is 0 Å². The third kappa shape index (κ3) is 3.01. The molecule has 92 valence electrons. The molecule has 0 radical (unpaired) electrons. The fourth-order valence-corrected chi connectivity index (χ4v) is 2.67. The van der Waals surface area contributed by atoms with Gasteiger partial charge in [-0.05, 0) is 43.4 Å². The Morgan fingerprint density at radius 1 is 1.35 bits per heavy atom. The average Bonchev–Trinajstić information content (AvgIpc) is 2.54. The minimum Gasteiger partial charge on any atom is -0.370 e. The Morgan fingerprint density at radius 2 is 2.18 bits per heavy atom. The number of benzene rings is 1. The SMILES string of the molecule is CC1CCCN(c2ccc(C=O)cc2Cl)CC1. The van der Waals surface area contributed by atoms with E-state index in [0.29, 0.717) is 10.6 Å². The van der Waals surface area contributed by atoms with Crippen molar-refractivity contribution in [2.75, 3.05) is 18.0 Å². The molecule has 0 bridgehead atoms. The van der Waals surface area contributed by atoms with E-state index in [9.17, 15) is 4.79 Å². The van der Waals surface area contributed by atoms with Gasteiger partial charge in [-0.3, -0.25) is 4.79 Å². The third-order valence-electron chi connectivity index (χ3n) is 3.47. The van der Waals surface area contributed by atoms with Crippen LogP contribution in [0.1, 0.15) is 36.5 Å². The maximum absolute atomic E-state index is 10.7. The molecule has 1 unspecified atom stereocenters. The topological polar surface area (TPSA) is 20.3 Å². The fraction of sp³-hybridized carbons (Fsp3) is 0.500. The summed E-state index contributed by atoms with van der Waals surface area (Å²) in [5.74, 6) is 0.799. The van der Waals surface area contributed by atoms with Gasteiger partial charge in [0.1, 0.15) is 6.29 Å². The van der Waals surface area contributed by atoms with Crippen LogP contribution in [0.4, 0.5) is 5.69 Å². The van der Waals surface area contributed by atoms with Crippen molar-refractivity contribution < 1.29 is 4.79 Å². The lowest BCUT2D eigenvalue weighted by atomic mass is 10.0. The standard InChI is InChI=1S/C14H18ClNO/c1-11-3-2-7-16(8-6-11)14-5-4-12(10-17)9-13(14)15/h4-5,9-11H,2-3,6-8H2,1H3. The van der Waals surface area contributed by atoms with Gasteiger partial charge < -0.3 is 4.90 Å². The molecule has 1 aliphatic rings. The van der Waals surface area contributed by atoms with Crippen molar-refractivity contribution in [2.24, 2.45) is 5.92 Å². The summed E-state index contributed by atoms with van der Waals surface area (Å²) in [7, 11) is 0. The summed E-state index contributed by atoms with van der Waals surface area (Å²) in [6.45, 7) is 4.42. The monoisotopic (exact) mass is 251 g/mol. The fourth-order valence-electron chi connectivity index (χ4n) is 2.36. The lowest BCUT2D eigenvalue weighted by Crippen LogP contribution is -2.24. The summed E-state index contributed by atoms with van der Waals surface area (Å²) in [5.41, 5.74) is 1.70. The Hall–Kier alpha value is -1.02. The number of carbonyl (C=O) groups is 1. The molecule has 1 aromatic rings. The molecular formula is C14H18ClNO. The Morgan fingerprint density at radius 3 is 2.88 bits per heavy atom. The Bertz CT molecular complexity index is 405. The van der Waals surface area contributed by atoms with Gasteiger partial charge in [0.2, 0.25) is 0 Å². The van der Waals surface area contributed by atoms with Gasteiger partial charge in [-0.15, -0.1) is 0 Å². The van der Waals surface area contributed by atoms with Gasteiger partial charge in [0.25, 0.3) is 0 Å². The van der Waals surface area contributed by atoms with Crippen molar-refractivity contribution in [1.82, 2.24) is 0 Å². The first-order valence-electron chi connectivity index (χ1n) is 6.20. The smallest absolute Gasteiger partial charge is 0.150 e. The number of rotatable bonds is 2. The summed E-state index contributed by atoms with van der Waals surface area (Å²) < 4.78 is 0. The Kier molecular flexibility index (Phi) is 4.06. The Balaban J connectivity index is 2.18. The first-order valence-corrected chi connectivity index (χ1v) is 6.58. The van der Waals surface area contributed by atoms with E-state index in [1.807, 2.05) is 12.1 Å². The van der Waals surface area contributed by atoms with Gasteiger partial charge >= 0.3 is 0 Å². The molecule has 0 amide bonds. The van der Waals surface area contributed by atoms with E-state index in [1.165, 1.54) is 19.3 Å². The molecule has 0 saturated carbocycles. The summed E-state index contributed by atoms with van der Waals surface area (Å²) in [4.78, 5) is 13.0. The third-order valence-corrected chi connectivity index (χ3v) is 3.77. The molecule has 0 spiro atoms. The number of halogens is 1. The van der Waals surface area contributed by atoms with Crippen LogP contribution in [0.15, 0.2) is 18.2 Å². The number of aldehydes is 1. The molecule has 1 heterocycles. The zero-order valence-corrected chi connectivity index (χ0v) is 10.9. The van der Waals surface area contributed by atoms with E-state index in [1.54, 1.807) is 6.07 Å². The van der Waals surface area contributed by atoms with Crippen LogP contribution in [0, 0.1) is 5.92 Å². The highest BCUT2D eigenvalue weighted by Crippen LogP contribution is 2.29.